The van der Waals surface area contributed by atoms with Crippen molar-refractivity contribution in [2.24, 2.45) is 11.8 Å². The molecule has 0 radical (unpaired) electrons. The molecule has 1 saturated carbocycles. The summed E-state index contributed by atoms with van der Waals surface area (Å²) in [6.45, 7) is 6.89. The van der Waals surface area contributed by atoms with Crippen LogP contribution in [0.5, 0.6) is 0 Å². The summed E-state index contributed by atoms with van der Waals surface area (Å²) in [6, 6.07) is 4.77. The molecule has 0 spiro atoms. The molecule has 1 aromatic rings. The van der Waals surface area contributed by atoms with E-state index in [2.05, 4.69) is 36.7 Å². The molecule has 2 nitrogen and oxygen atoms in total. The lowest BCUT2D eigenvalue weighted by molar-refractivity contribution is 0.00273. The summed E-state index contributed by atoms with van der Waals surface area (Å²) >= 11 is 1.82. The highest BCUT2D eigenvalue weighted by molar-refractivity contribution is 7.10. The monoisotopic (exact) mass is 267 g/mol. The van der Waals surface area contributed by atoms with E-state index in [0.717, 1.165) is 12.3 Å². The first-order chi connectivity index (χ1) is 8.54. The van der Waals surface area contributed by atoms with E-state index in [-0.39, 0.29) is 0 Å². The summed E-state index contributed by atoms with van der Waals surface area (Å²) in [7, 11) is 0. The second kappa shape index (κ2) is 5.72. The number of nitrogens with one attached hydrogen (secondary N) is 1. The zero-order valence-electron chi connectivity index (χ0n) is 11.6. The standard InChI is InChI=1S/C15H25NOS/c1-4-11(2)15(3,17)10-16-14(12-7-8-12)13-6-5-9-18-13/h5-6,9,11-12,14,16-17H,4,7-8,10H2,1-3H3. The maximum atomic E-state index is 10.5. The highest BCUT2D eigenvalue weighted by atomic mass is 32.1. The quantitative estimate of drug-likeness (QED) is 0.791. The van der Waals surface area contributed by atoms with Gasteiger partial charge in [0.25, 0.3) is 0 Å². The van der Waals surface area contributed by atoms with E-state index < -0.39 is 5.60 Å². The Morgan fingerprint density at radius 3 is 2.78 bits per heavy atom. The maximum Gasteiger partial charge on any atom is 0.0769 e. The van der Waals surface area contributed by atoms with Crippen LogP contribution >= 0.6 is 11.3 Å². The van der Waals surface area contributed by atoms with Crippen LogP contribution in [-0.4, -0.2) is 17.3 Å². The van der Waals surface area contributed by atoms with Crippen LogP contribution < -0.4 is 5.32 Å². The van der Waals surface area contributed by atoms with Crippen LogP contribution in [0.4, 0.5) is 0 Å². The molecule has 2 N–H and O–H groups in total. The fourth-order valence-electron chi connectivity index (χ4n) is 2.33. The topological polar surface area (TPSA) is 32.3 Å². The second-order valence-corrected chi connectivity index (χ2v) is 6.86. The lowest BCUT2D eigenvalue weighted by atomic mass is 9.88. The van der Waals surface area contributed by atoms with E-state index in [4.69, 9.17) is 0 Å². The molecular formula is C15H25NOS. The third-order valence-corrected chi connectivity index (χ3v) is 5.25. The average molecular weight is 267 g/mol. The Morgan fingerprint density at radius 1 is 1.56 bits per heavy atom. The Morgan fingerprint density at radius 2 is 2.28 bits per heavy atom. The smallest absolute Gasteiger partial charge is 0.0769 e. The van der Waals surface area contributed by atoms with Crippen LogP contribution in [0.25, 0.3) is 0 Å². The number of thiophene rings is 1. The van der Waals surface area contributed by atoms with Crippen LogP contribution in [0.15, 0.2) is 17.5 Å². The minimum Gasteiger partial charge on any atom is -0.389 e. The summed E-state index contributed by atoms with van der Waals surface area (Å²) in [4.78, 5) is 1.41. The average Bonchev–Trinajstić information content (AvgIpc) is 3.03. The summed E-state index contributed by atoms with van der Waals surface area (Å²) in [6.07, 6.45) is 3.66. The van der Waals surface area contributed by atoms with E-state index in [9.17, 15) is 5.11 Å². The SMILES string of the molecule is CCC(C)C(C)(O)CNC(c1cccs1)C1CC1. The van der Waals surface area contributed by atoms with Gasteiger partial charge in [-0.1, -0.05) is 26.3 Å². The van der Waals surface area contributed by atoms with Gasteiger partial charge in [-0.15, -0.1) is 11.3 Å². The molecule has 0 bridgehead atoms. The van der Waals surface area contributed by atoms with Crippen molar-refractivity contribution >= 4 is 11.3 Å². The lowest BCUT2D eigenvalue weighted by Crippen LogP contribution is -2.44. The Hall–Kier alpha value is -0.380. The Labute approximate surface area is 114 Å². The Kier molecular flexibility index (Phi) is 4.46. The molecule has 1 aliphatic carbocycles. The number of hydrogen-bond acceptors (Lipinski definition) is 3. The van der Waals surface area contributed by atoms with Gasteiger partial charge in [0.1, 0.15) is 0 Å². The van der Waals surface area contributed by atoms with E-state index in [1.165, 1.54) is 17.7 Å². The molecule has 0 saturated heterocycles. The number of aliphatic hydroxyl groups is 1. The highest BCUT2D eigenvalue weighted by Crippen LogP contribution is 2.42. The van der Waals surface area contributed by atoms with Crippen molar-refractivity contribution < 1.29 is 5.11 Å². The summed E-state index contributed by atoms with van der Waals surface area (Å²) < 4.78 is 0. The largest absolute Gasteiger partial charge is 0.389 e. The second-order valence-electron chi connectivity index (χ2n) is 5.88. The summed E-state index contributed by atoms with van der Waals surface area (Å²) in [5.41, 5.74) is -0.612. The third kappa shape index (κ3) is 3.34. The van der Waals surface area contributed by atoms with Crippen molar-refractivity contribution in [3.8, 4) is 0 Å². The molecule has 1 aliphatic rings. The van der Waals surface area contributed by atoms with E-state index in [1.807, 2.05) is 18.3 Å². The molecular weight excluding hydrogens is 242 g/mol. The van der Waals surface area contributed by atoms with E-state index in [0.29, 0.717) is 18.5 Å². The van der Waals surface area contributed by atoms with Gasteiger partial charge >= 0.3 is 0 Å². The van der Waals surface area contributed by atoms with Gasteiger partial charge in [0.05, 0.1) is 5.60 Å². The molecule has 0 amide bonds. The summed E-state index contributed by atoms with van der Waals surface area (Å²) in [5, 5.41) is 16.2. The molecule has 3 atom stereocenters. The molecule has 0 aromatic carbocycles. The minimum absolute atomic E-state index is 0.327. The van der Waals surface area contributed by atoms with Gasteiger partial charge in [-0.2, -0.15) is 0 Å². The normalized spacial score (nSPS) is 22.4. The molecule has 1 heterocycles. The van der Waals surface area contributed by atoms with Crippen LogP contribution in [0.2, 0.25) is 0 Å². The van der Waals surface area contributed by atoms with Crippen LogP contribution in [0.1, 0.15) is 51.0 Å². The van der Waals surface area contributed by atoms with Crippen molar-refractivity contribution in [1.29, 1.82) is 0 Å². The zero-order chi connectivity index (χ0) is 13.2. The van der Waals surface area contributed by atoms with E-state index >= 15 is 0 Å². The third-order valence-electron chi connectivity index (χ3n) is 4.30. The molecule has 0 aliphatic heterocycles. The highest BCUT2D eigenvalue weighted by Gasteiger charge is 2.35. The van der Waals surface area contributed by atoms with Gasteiger partial charge in [-0.05, 0) is 43.0 Å². The minimum atomic E-state index is -0.612. The van der Waals surface area contributed by atoms with Crippen LogP contribution in [0.3, 0.4) is 0 Å². The first kappa shape index (κ1) is 14.0. The predicted molar refractivity (Wildman–Crippen MR) is 77.9 cm³/mol. The molecule has 18 heavy (non-hydrogen) atoms. The van der Waals surface area contributed by atoms with Gasteiger partial charge in [-0.3, -0.25) is 0 Å². The molecule has 2 rings (SSSR count). The fourth-order valence-corrected chi connectivity index (χ4v) is 3.22. The van der Waals surface area contributed by atoms with Gasteiger partial charge in [0.2, 0.25) is 0 Å². The number of hydrogen-bond donors (Lipinski definition) is 2. The lowest BCUT2D eigenvalue weighted by Gasteiger charge is -2.32. The Balaban J connectivity index is 1.94. The molecule has 3 heteroatoms. The zero-order valence-corrected chi connectivity index (χ0v) is 12.5. The van der Waals surface area contributed by atoms with Gasteiger partial charge < -0.3 is 10.4 Å². The van der Waals surface area contributed by atoms with E-state index in [1.54, 1.807) is 0 Å². The van der Waals surface area contributed by atoms with Crippen molar-refractivity contribution in [2.75, 3.05) is 6.54 Å². The molecule has 1 fully saturated rings. The van der Waals surface area contributed by atoms with Crippen molar-refractivity contribution in [2.45, 2.75) is 51.7 Å². The Bertz CT molecular complexity index is 357. The van der Waals surface area contributed by atoms with Crippen LogP contribution in [0, 0.1) is 11.8 Å². The molecule has 3 unspecified atom stereocenters. The van der Waals surface area contributed by atoms with Gasteiger partial charge in [-0.25, -0.2) is 0 Å². The van der Waals surface area contributed by atoms with Crippen molar-refractivity contribution in [1.82, 2.24) is 5.32 Å². The van der Waals surface area contributed by atoms with Gasteiger partial charge in [0, 0.05) is 17.5 Å². The van der Waals surface area contributed by atoms with Crippen molar-refractivity contribution in [3.63, 3.8) is 0 Å². The maximum absolute atomic E-state index is 10.5. The molecule has 1 aromatic heterocycles. The van der Waals surface area contributed by atoms with Crippen molar-refractivity contribution in [3.05, 3.63) is 22.4 Å². The molecule has 102 valence electrons. The predicted octanol–water partition coefficient (Wildman–Crippen LogP) is 3.59. The first-order valence-corrected chi connectivity index (χ1v) is 7.91. The number of rotatable bonds is 7. The van der Waals surface area contributed by atoms with Gasteiger partial charge in [0.15, 0.2) is 0 Å². The first-order valence-electron chi connectivity index (χ1n) is 7.03. The summed E-state index contributed by atoms with van der Waals surface area (Å²) in [5.74, 6) is 1.10. The van der Waals surface area contributed by atoms with Crippen LogP contribution in [-0.2, 0) is 0 Å². The fraction of sp³-hybridized carbons (Fsp3) is 0.733.